The van der Waals surface area contributed by atoms with Crippen LogP contribution in [0.25, 0.3) is 0 Å². The van der Waals surface area contributed by atoms with Crippen molar-refractivity contribution in [3.05, 3.63) is 0 Å². The number of hydrogen-bond acceptors (Lipinski definition) is 10. The van der Waals surface area contributed by atoms with Crippen molar-refractivity contribution < 1.29 is 47.7 Å². The highest BCUT2D eigenvalue weighted by atomic mass is 16.7. The summed E-state index contributed by atoms with van der Waals surface area (Å²) in [6.07, 6.45) is 0.393. The lowest BCUT2D eigenvalue weighted by Gasteiger charge is -2.44. The zero-order valence-electron chi connectivity index (χ0n) is 19.5. The molecule has 1 saturated heterocycles. The number of nitrogens with one attached hydrogen (secondary N) is 1. The van der Waals surface area contributed by atoms with Crippen LogP contribution in [0.2, 0.25) is 0 Å². The fourth-order valence-electron chi connectivity index (χ4n) is 4.14. The van der Waals surface area contributed by atoms with Gasteiger partial charge in [-0.25, -0.2) is 0 Å². The first-order valence-electron chi connectivity index (χ1n) is 11.2. The molecule has 186 valence electrons. The van der Waals surface area contributed by atoms with Crippen molar-refractivity contribution in [3.8, 4) is 0 Å². The van der Waals surface area contributed by atoms with Crippen molar-refractivity contribution in [2.45, 2.75) is 96.9 Å². The third-order valence-corrected chi connectivity index (χ3v) is 5.52. The lowest BCUT2D eigenvalue weighted by Crippen LogP contribution is -2.67. The number of rotatable bonds is 7. The van der Waals surface area contributed by atoms with Crippen molar-refractivity contribution in [2.75, 3.05) is 6.61 Å². The van der Waals surface area contributed by atoms with Crippen LogP contribution in [0.15, 0.2) is 0 Å². The van der Waals surface area contributed by atoms with Gasteiger partial charge >= 0.3 is 23.9 Å². The highest BCUT2D eigenvalue weighted by molar-refractivity contribution is 5.79. The third-order valence-electron chi connectivity index (χ3n) is 5.52. The van der Waals surface area contributed by atoms with Gasteiger partial charge in [-0.05, 0) is 12.8 Å². The second-order valence-corrected chi connectivity index (χ2v) is 8.33. The first kappa shape index (κ1) is 26.6. The highest BCUT2D eigenvalue weighted by Gasteiger charge is 2.52. The molecule has 0 aromatic heterocycles. The highest BCUT2D eigenvalue weighted by Crippen LogP contribution is 2.29. The predicted molar refractivity (Wildman–Crippen MR) is 111 cm³/mol. The smallest absolute Gasteiger partial charge is 0.305 e. The average molecular weight is 472 g/mol. The normalized spacial score (nSPS) is 28.1. The maximum Gasteiger partial charge on any atom is 0.305 e. The molecule has 0 aromatic carbocycles. The molecule has 0 bridgehead atoms. The summed E-state index contributed by atoms with van der Waals surface area (Å²) >= 11 is 0. The molecule has 11 heteroatoms. The van der Waals surface area contributed by atoms with E-state index >= 15 is 0 Å². The van der Waals surface area contributed by atoms with Gasteiger partial charge in [-0.3, -0.25) is 24.0 Å². The average Bonchev–Trinajstić information content (AvgIpc) is 2.99. The van der Waals surface area contributed by atoms with Crippen molar-refractivity contribution in [2.24, 2.45) is 5.92 Å². The molecule has 33 heavy (non-hydrogen) atoms. The van der Waals surface area contributed by atoms with Gasteiger partial charge in [0.25, 0.3) is 0 Å². The van der Waals surface area contributed by atoms with Crippen LogP contribution in [0.4, 0.5) is 0 Å². The van der Waals surface area contributed by atoms with Crippen molar-refractivity contribution >= 4 is 29.8 Å². The van der Waals surface area contributed by atoms with Crippen LogP contribution in [0.3, 0.4) is 0 Å². The molecule has 0 aromatic rings. The van der Waals surface area contributed by atoms with E-state index in [-0.39, 0.29) is 18.4 Å². The first-order chi connectivity index (χ1) is 15.6. The zero-order chi connectivity index (χ0) is 24.5. The van der Waals surface area contributed by atoms with Gasteiger partial charge in [0, 0.05) is 33.6 Å². The summed E-state index contributed by atoms with van der Waals surface area (Å²) < 4.78 is 26.9. The maximum absolute atomic E-state index is 13.1. The monoisotopic (exact) mass is 471 g/mol. The quantitative estimate of drug-likeness (QED) is 0.326. The molecule has 0 spiro atoms. The Balaban J connectivity index is 2.37. The molecule has 1 aliphatic heterocycles. The summed E-state index contributed by atoms with van der Waals surface area (Å²) in [5.74, 6) is -3.27. The largest absolute Gasteiger partial charge is 0.463 e. The molecule has 1 aliphatic carbocycles. The summed E-state index contributed by atoms with van der Waals surface area (Å²) in [5.41, 5.74) is 0. The summed E-state index contributed by atoms with van der Waals surface area (Å²) in [6.45, 7) is 4.31. The number of esters is 4. The maximum atomic E-state index is 13.1. The van der Waals surface area contributed by atoms with Crippen LogP contribution in [0.1, 0.15) is 66.2 Å². The van der Waals surface area contributed by atoms with Crippen LogP contribution >= 0.6 is 0 Å². The van der Waals surface area contributed by atoms with Crippen LogP contribution in [0.5, 0.6) is 0 Å². The SMILES string of the molecule is CC(=O)OC[C@H]1OC(OC(C)=O)[C@H](NC(=O)C2CCCCCC2)[C@@H](OC(C)=O)[C@H]1OC(C)=O. The van der Waals surface area contributed by atoms with E-state index in [1.165, 1.54) is 6.92 Å². The van der Waals surface area contributed by atoms with E-state index < -0.39 is 54.5 Å². The van der Waals surface area contributed by atoms with Crippen LogP contribution in [-0.4, -0.2) is 67.0 Å². The van der Waals surface area contributed by atoms with Crippen LogP contribution in [0, 0.1) is 5.92 Å². The third kappa shape index (κ3) is 8.30. The molecule has 0 radical (unpaired) electrons. The van der Waals surface area contributed by atoms with Gasteiger partial charge < -0.3 is 29.0 Å². The Kier molecular flexibility index (Phi) is 10.1. The molecule has 1 saturated carbocycles. The van der Waals surface area contributed by atoms with Crippen molar-refractivity contribution in [1.29, 1.82) is 0 Å². The Labute approximate surface area is 192 Å². The number of carbonyl (C=O) groups is 5. The standard InChI is InChI=1S/C22H33NO10/c1-12(24)29-11-17-19(30-13(2)25)20(31-14(3)26)18(22(33-17)32-15(4)27)23-21(28)16-9-7-5-6-8-10-16/h16-20,22H,5-11H2,1-4H3,(H,23,28)/t17-,18-,19+,20-,22?/m1/s1. The van der Waals surface area contributed by atoms with Gasteiger partial charge in [-0.1, -0.05) is 25.7 Å². The molecule has 1 unspecified atom stereocenters. The zero-order valence-corrected chi connectivity index (χ0v) is 19.5. The summed E-state index contributed by atoms with van der Waals surface area (Å²) in [4.78, 5) is 59.9. The Morgan fingerprint density at radius 2 is 1.30 bits per heavy atom. The van der Waals surface area contributed by atoms with Crippen LogP contribution in [-0.2, 0) is 47.7 Å². The van der Waals surface area contributed by atoms with Gasteiger partial charge in [0.15, 0.2) is 12.2 Å². The van der Waals surface area contributed by atoms with E-state index in [1.807, 2.05) is 0 Å². The van der Waals surface area contributed by atoms with Crippen molar-refractivity contribution in [1.82, 2.24) is 5.32 Å². The fraction of sp³-hybridized carbons (Fsp3) is 0.773. The summed E-state index contributed by atoms with van der Waals surface area (Å²) in [7, 11) is 0. The number of amides is 1. The molecule has 1 amide bonds. The first-order valence-corrected chi connectivity index (χ1v) is 11.2. The molecular formula is C22H33NO10. The Morgan fingerprint density at radius 3 is 1.82 bits per heavy atom. The van der Waals surface area contributed by atoms with E-state index in [0.717, 1.165) is 46.5 Å². The number of hydrogen-bond donors (Lipinski definition) is 1. The number of ether oxygens (including phenoxy) is 5. The Hall–Kier alpha value is -2.69. The summed E-state index contributed by atoms with van der Waals surface area (Å²) in [5, 5.41) is 2.80. The van der Waals surface area contributed by atoms with E-state index in [0.29, 0.717) is 12.8 Å². The second-order valence-electron chi connectivity index (χ2n) is 8.33. The topological polar surface area (TPSA) is 144 Å². The van der Waals surface area contributed by atoms with Gasteiger partial charge in [-0.2, -0.15) is 0 Å². The van der Waals surface area contributed by atoms with Gasteiger partial charge in [0.05, 0.1) is 0 Å². The molecule has 2 fully saturated rings. The van der Waals surface area contributed by atoms with Crippen molar-refractivity contribution in [3.63, 3.8) is 0 Å². The fourth-order valence-corrected chi connectivity index (χ4v) is 4.14. The molecule has 1 heterocycles. The molecule has 11 nitrogen and oxygen atoms in total. The van der Waals surface area contributed by atoms with Gasteiger partial charge in [0.1, 0.15) is 18.8 Å². The minimum absolute atomic E-state index is 0.255. The molecule has 2 rings (SSSR count). The minimum atomic E-state index is -1.37. The second kappa shape index (κ2) is 12.5. The van der Waals surface area contributed by atoms with E-state index in [4.69, 9.17) is 23.7 Å². The molecule has 1 N–H and O–H groups in total. The molecule has 5 atom stereocenters. The minimum Gasteiger partial charge on any atom is -0.463 e. The Bertz CT molecular complexity index is 731. The summed E-state index contributed by atoms with van der Waals surface area (Å²) in [6, 6.07) is -1.15. The van der Waals surface area contributed by atoms with E-state index in [9.17, 15) is 24.0 Å². The van der Waals surface area contributed by atoms with Gasteiger partial charge in [-0.15, -0.1) is 0 Å². The Morgan fingerprint density at radius 1 is 0.758 bits per heavy atom. The molecule has 2 aliphatic rings. The number of carbonyl (C=O) groups excluding carboxylic acids is 5. The lowest BCUT2D eigenvalue weighted by atomic mass is 9.94. The predicted octanol–water partition coefficient (Wildman–Crippen LogP) is 1.16. The van der Waals surface area contributed by atoms with Gasteiger partial charge in [0.2, 0.25) is 12.2 Å². The van der Waals surface area contributed by atoms with E-state index in [2.05, 4.69) is 5.32 Å². The van der Waals surface area contributed by atoms with Crippen LogP contribution < -0.4 is 5.32 Å². The molecular weight excluding hydrogens is 438 g/mol. The lowest BCUT2D eigenvalue weighted by molar-refractivity contribution is -0.271. The van der Waals surface area contributed by atoms with E-state index in [1.54, 1.807) is 0 Å².